The summed E-state index contributed by atoms with van der Waals surface area (Å²) < 4.78 is 21.9. The fourth-order valence-electron chi connectivity index (χ4n) is 6.57. The van der Waals surface area contributed by atoms with Crippen molar-refractivity contribution in [3.05, 3.63) is 29.3 Å². The predicted molar refractivity (Wildman–Crippen MR) is 123 cm³/mol. The molecule has 0 heterocycles. The number of hydrogen-bond acceptors (Lipinski definition) is 6. The van der Waals surface area contributed by atoms with E-state index in [1.54, 1.807) is 0 Å². The van der Waals surface area contributed by atoms with Crippen LogP contribution < -0.4 is 73.6 Å². The third kappa shape index (κ3) is 7.23. The fraction of sp³-hybridized carbons (Fsp3) is 0.696. The first kappa shape index (κ1) is 32.4. The molecule has 0 N–H and O–H groups in total. The van der Waals surface area contributed by atoms with Gasteiger partial charge in [-0.25, -0.2) is 4.79 Å². The number of rotatable bonds is 7. The second kappa shape index (κ2) is 13.5. The SMILES string of the molecule is CC12CCC3c4ccc(OC(=O)N(CCCl)CCCl)cc4CCC3C1CCC2OP(=O)([O-])[O-].[Na+].[Na+]. The number of benzene rings is 1. The van der Waals surface area contributed by atoms with Crippen LogP contribution in [-0.2, 0) is 15.5 Å². The quantitative estimate of drug-likeness (QED) is 0.217. The van der Waals surface area contributed by atoms with Crippen molar-refractivity contribution in [1.29, 1.82) is 0 Å². The number of nitrogens with zero attached hydrogens (tertiary/aromatic N) is 1. The van der Waals surface area contributed by atoms with Crippen LogP contribution in [0.25, 0.3) is 0 Å². The van der Waals surface area contributed by atoms with Gasteiger partial charge in [-0.2, -0.15) is 0 Å². The predicted octanol–water partition coefficient (Wildman–Crippen LogP) is -1.96. The van der Waals surface area contributed by atoms with E-state index < -0.39 is 20.0 Å². The number of phosphoric ester groups is 1. The monoisotopic (exact) mass is 563 g/mol. The van der Waals surface area contributed by atoms with Crippen LogP contribution in [-0.4, -0.2) is 41.9 Å². The van der Waals surface area contributed by atoms with E-state index in [4.69, 9.17) is 32.5 Å². The number of phosphoric acid groups is 1. The molecule has 0 saturated heterocycles. The number of hydrogen-bond donors (Lipinski definition) is 0. The number of aryl methyl sites for hydroxylation is 1. The average Bonchev–Trinajstić information content (AvgIpc) is 3.08. The first-order valence-electron chi connectivity index (χ1n) is 11.6. The molecule has 1 aromatic rings. The Hall–Kier alpha value is 1.18. The zero-order chi connectivity index (χ0) is 23.8. The maximum absolute atomic E-state index is 12.5. The summed E-state index contributed by atoms with van der Waals surface area (Å²) in [4.78, 5) is 36.5. The summed E-state index contributed by atoms with van der Waals surface area (Å²) in [6, 6.07) is 5.87. The molecular formula is C23H30Cl2NNa2O6P. The number of carbonyl (C=O) groups is 1. The molecule has 0 aliphatic heterocycles. The van der Waals surface area contributed by atoms with E-state index in [0.29, 0.717) is 54.8 Å². The molecule has 0 aromatic heterocycles. The molecule has 5 atom stereocenters. The number of carbonyl (C=O) groups excluding carboxylic acids is 1. The van der Waals surface area contributed by atoms with E-state index >= 15 is 0 Å². The summed E-state index contributed by atoms with van der Waals surface area (Å²) in [6.45, 7) is 2.84. The molecule has 5 unspecified atom stereocenters. The van der Waals surface area contributed by atoms with Crippen molar-refractivity contribution in [3.63, 3.8) is 0 Å². The second-order valence-electron chi connectivity index (χ2n) is 9.67. The standard InChI is InChI=1S/C23H32Cl2NO6P.2Na/c1-23-9-8-18-17-5-3-16(31-22(27)26(12-10-24)13-11-25)14-15(17)2-4-19(18)20(23)6-7-21(23)32-33(28,29)30;;/h3,5,14,18-21H,2,4,6-13H2,1H3,(H2,28,29,30);;/q;2*+1/p-2. The molecule has 7 nitrogen and oxygen atoms in total. The molecular weight excluding hydrogens is 534 g/mol. The Labute approximate surface area is 261 Å². The van der Waals surface area contributed by atoms with Gasteiger partial charge < -0.3 is 28.5 Å². The molecule has 0 bridgehead atoms. The third-order valence-electron chi connectivity index (χ3n) is 8.04. The molecule has 1 aromatic carbocycles. The van der Waals surface area contributed by atoms with E-state index in [1.807, 2.05) is 12.1 Å². The molecule has 0 radical (unpaired) electrons. The van der Waals surface area contributed by atoms with E-state index in [0.717, 1.165) is 32.1 Å². The molecule has 35 heavy (non-hydrogen) atoms. The van der Waals surface area contributed by atoms with E-state index in [2.05, 4.69) is 13.0 Å². The maximum atomic E-state index is 12.5. The molecule has 1 amide bonds. The van der Waals surface area contributed by atoms with Crippen LogP contribution in [0.15, 0.2) is 18.2 Å². The van der Waals surface area contributed by atoms with Crippen LogP contribution in [0, 0.1) is 17.3 Å². The Kier molecular flexibility index (Phi) is 12.5. The summed E-state index contributed by atoms with van der Waals surface area (Å²) in [5.41, 5.74) is 2.20. The van der Waals surface area contributed by atoms with Gasteiger partial charge in [0, 0.05) is 24.8 Å². The molecule has 0 spiro atoms. The summed E-state index contributed by atoms with van der Waals surface area (Å²) in [7, 11) is -5.00. The van der Waals surface area contributed by atoms with Gasteiger partial charge in [0.2, 0.25) is 0 Å². The molecule has 4 rings (SSSR count). The van der Waals surface area contributed by atoms with Gasteiger partial charge >= 0.3 is 65.2 Å². The summed E-state index contributed by atoms with van der Waals surface area (Å²) >= 11 is 11.6. The molecule has 12 heteroatoms. The van der Waals surface area contributed by atoms with Crippen LogP contribution >= 0.6 is 31.0 Å². The first-order chi connectivity index (χ1) is 15.7. The van der Waals surface area contributed by atoms with Crippen molar-refractivity contribution in [1.82, 2.24) is 4.90 Å². The van der Waals surface area contributed by atoms with E-state index in [-0.39, 0.29) is 64.5 Å². The van der Waals surface area contributed by atoms with Gasteiger partial charge in [-0.1, -0.05) is 13.0 Å². The minimum absolute atomic E-state index is 0. The Balaban J connectivity index is 0.00000216. The van der Waals surface area contributed by atoms with Crippen LogP contribution in [0.1, 0.15) is 56.1 Å². The Bertz CT molecular complexity index is 931. The van der Waals surface area contributed by atoms with Crippen molar-refractivity contribution in [2.75, 3.05) is 24.8 Å². The largest absolute Gasteiger partial charge is 1.00 e. The van der Waals surface area contributed by atoms with Gasteiger partial charge in [0.15, 0.2) is 0 Å². The number of fused-ring (bicyclic) bond motifs is 5. The summed E-state index contributed by atoms with van der Waals surface area (Å²) in [5.74, 6) is 2.28. The molecule has 184 valence electrons. The van der Waals surface area contributed by atoms with Crippen LogP contribution in [0.4, 0.5) is 4.79 Å². The van der Waals surface area contributed by atoms with Crippen molar-refractivity contribution >= 4 is 37.1 Å². The number of alkyl halides is 2. The van der Waals surface area contributed by atoms with Gasteiger partial charge in [0.1, 0.15) is 5.75 Å². The Morgan fingerprint density at radius 3 is 2.46 bits per heavy atom. The first-order valence-corrected chi connectivity index (χ1v) is 14.1. The van der Waals surface area contributed by atoms with Crippen molar-refractivity contribution in [2.24, 2.45) is 17.3 Å². The van der Waals surface area contributed by atoms with Crippen molar-refractivity contribution < 1.29 is 87.5 Å². The van der Waals surface area contributed by atoms with Gasteiger partial charge in [-0.3, -0.25) is 0 Å². The summed E-state index contributed by atoms with van der Waals surface area (Å²) in [6.07, 6.45) is 4.12. The van der Waals surface area contributed by atoms with Crippen molar-refractivity contribution in [3.8, 4) is 5.75 Å². The van der Waals surface area contributed by atoms with Crippen LogP contribution in [0.3, 0.4) is 0 Å². The molecule has 2 fully saturated rings. The fourth-order valence-corrected chi connectivity index (χ4v) is 7.63. The van der Waals surface area contributed by atoms with Gasteiger partial charge in [0.05, 0.1) is 13.9 Å². The number of halogens is 2. The zero-order valence-corrected chi connectivity index (χ0v) is 27.1. The van der Waals surface area contributed by atoms with Crippen LogP contribution in [0.5, 0.6) is 5.75 Å². The topological polar surface area (TPSA) is 102 Å². The second-order valence-corrected chi connectivity index (χ2v) is 11.5. The van der Waals surface area contributed by atoms with E-state index in [1.165, 1.54) is 16.0 Å². The van der Waals surface area contributed by atoms with Gasteiger partial charge in [-0.05, 0) is 85.0 Å². The minimum Gasteiger partial charge on any atom is -0.790 e. The van der Waals surface area contributed by atoms with Gasteiger partial charge in [-0.15, -0.1) is 23.2 Å². The van der Waals surface area contributed by atoms with Crippen molar-refractivity contribution in [2.45, 2.75) is 57.5 Å². The Morgan fingerprint density at radius 2 is 1.83 bits per heavy atom. The molecule has 3 aliphatic carbocycles. The zero-order valence-electron chi connectivity index (χ0n) is 20.7. The molecule has 2 saturated carbocycles. The van der Waals surface area contributed by atoms with Crippen LogP contribution in [0.2, 0.25) is 0 Å². The average molecular weight is 564 g/mol. The Morgan fingerprint density at radius 1 is 1.14 bits per heavy atom. The maximum Gasteiger partial charge on any atom is 1.00 e. The normalized spacial score (nSPS) is 29.1. The third-order valence-corrected chi connectivity index (χ3v) is 8.89. The summed E-state index contributed by atoms with van der Waals surface area (Å²) in [5, 5.41) is 0. The molecule has 3 aliphatic rings. The smallest absolute Gasteiger partial charge is 0.790 e. The number of amides is 1. The van der Waals surface area contributed by atoms with E-state index in [9.17, 15) is 19.1 Å². The van der Waals surface area contributed by atoms with Gasteiger partial charge in [0.25, 0.3) is 0 Å². The number of ether oxygens (including phenoxy) is 1. The minimum atomic E-state index is -5.00.